The highest BCUT2D eigenvalue weighted by Crippen LogP contribution is 2.25. The summed E-state index contributed by atoms with van der Waals surface area (Å²) in [5.41, 5.74) is 5.98. The van der Waals surface area contributed by atoms with E-state index in [-0.39, 0.29) is 0 Å². The fourth-order valence-corrected chi connectivity index (χ4v) is 3.91. The fraction of sp³-hybridized carbons (Fsp3) is 1.00. The van der Waals surface area contributed by atoms with Gasteiger partial charge < -0.3 is 5.73 Å². The Morgan fingerprint density at radius 3 is 2.68 bits per heavy atom. The molecule has 0 amide bonds. The van der Waals surface area contributed by atoms with Crippen molar-refractivity contribution >= 4 is 0 Å². The van der Waals surface area contributed by atoms with Gasteiger partial charge in [0.2, 0.25) is 0 Å². The molecule has 2 fully saturated rings. The molecule has 0 radical (unpaired) electrons. The lowest BCUT2D eigenvalue weighted by Crippen LogP contribution is -2.59. The van der Waals surface area contributed by atoms with Crippen LogP contribution in [0, 0.1) is 11.8 Å². The van der Waals surface area contributed by atoms with Gasteiger partial charge in [0.1, 0.15) is 0 Å². The van der Waals surface area contributed by atoms with Gasteiger partial charge in [0, 0.05) is 31.7 Å². The molecule has 3 atom stereocenters. The lowest BCUT2D eigenvalue weighted by atomic mass is 9.93. The van der Waals surface area contributed by atoms with Crippen molar-refractivity contribution < 1.29 is 0 Å². The maximum atomic E-state index is 5.98. The maximum absolute atomic E-state index is 5.98. The largest absolute Gasteiger partial charge is 0.330 e. The smallest absolute Gasteiger partial charge is 0.0223 e. The Morgan fingerprint density at radius 2 is 2.00 bits per heavy atom. The van der Waals surface area contributed by atoms with Crippen LogP contribution in [0.3, 0.4) is 0 Å². The lowest BCUT2D eigenvalue weighted by Gasteiger charge is -2.48. The van der Waals surface area contributed by atoms with Crippen LogP contribution in [-0.4, -0.2) is 54.6 Å². The third-order valence-electron chi connectivity index (χ3n) is 4.95. The molecule has 112 valence electrons. The molecule has 0 aliphatic carbocycles. The normalized spacial score (nSPS) is 31.4. The second-order valence-electron chi connectivity index (χ2n) is 7.18. The standard InChI is InChI=1S/C16H33N3/c1-13(2)8-15(9-17)11-19-12-16-6-4-5-7-18(16)10-14(19)3/h13-16H,4-12,17H2,1-3H3. The van der Waals surface area contributed by atoms with E-state index >= 15 is 0 Å². The topological polar surface area (TPSA) is 32.5 Å². The number of nitrogens with two attached hydrogens (primary N) is 1. The molecule has 3 nitrogen and oxygen atoms in total. The van der Waals surface area contributed by atoms with Crippen molar-refractivity contribution in [2.45, 2.75) is 58.5 Å². The Morgan fingerprint density at radius 1 is 1.21 bits per heavy atom. The number of piperidine rings is 1. The zero-order valence-electron chi connectivity index (χ0n) is 13.1. The maximum Gasteiger partial charge on any atom is 0.0223 e. The molecule has 2 aliphatic rings. The first-order valence-corrected chi connectivity index (χ1v) is 8.28. The summed E-state index contributed by atoms with van der Waals surface area (Å²) >= 11 is 0. The van der Waals surface area contributed by atoms with Gasteiger partial charge in [-0.2, -0.15) is 0 Å². The van der Waals surface area contributed by atoms with Crippen LogP contribution in [0.1, 0.15) is 46.5 Å². The van der Waals surface area contributed by atoms with Gasteiger partial charge in [-0.25, -0.2) is 0 Å². The highest BCUT2D eigenvalue weighted by atomic mass is 15.3. The number of rotatable bonds is 5. The zero-order valence-corrected chi connectivity index (χ0v) is 13.1. The van der Waals surface area contributed by atoms with E-state index < -0.39 is 0 Å². The van der Waals surface area contributed by atoms with Crippen molar-refractivity contribution in [3.05, 3.63) is 0 Å². The molecule has 0 bridgehead atoms. The number of piperazine rings is 1. The molecule has 2 rings (SSSR count). The Labute approximate surface area is 119 Å². The van der Waals surface area contributed by atoms with Gasteiger partial charge in [-0.15, -0.1) is 0 Å². The Kier molecular flexibility index (Phi) is 5.67. The monoisotopic (exact) mass is 267 g/mol. The van der Waals surface area contributed by atoms with Crippen molar-refractivity contribution in [1.29, 1.82) is 0 Å². The van der Waals surface area contributed by atoms with E-state index in [9.17, 15) is 0 Å². The first kappa shape index (κ1) is 15.3. The summed E-state index contributed by atoms with van der Waals surface area (Å²) in [4.78, 5) is 5.44. The molecule has 0 aromatic carbocycles. The average molecular weight is 267 g/mol. The van der Waals surface area contributed by atoms with Crippen molar-refractivity contribution in [1.82, 2.24) is 9.80 Å². The molecule has 0 aromatic rings. The summed E-state index contributed by atoms with van der Waals surface area (Å²) in [6.07, 6.45) is 5.51. The van der Waals surface area contributed by atoms with Crippen molar-refractivity contribution in [2.75, 3.05) is 32.7 Å². The Bertz CT molecular complexity index is 267. The van der Waals surface area contributed by atoms with E-state index in [1.165, 1.54) is 51.9 Å². The van der Waals surface area contributed by atoms with Gasteiger partial charge >= 0.3 is 0 Å². The average Bonchev–Trinajstić information content (AvgIpc) is 2.38. The lowest BCUT2D eigenvalue weighted by molar-refractivity contribution is 0.00689. The molecule has 3 heteroatoms. The molecule has 2 N–H and O–H groups in total. The van der Waals surface area contributed by atoms with E-state index in [2.05, 4.69) is 30.6 Å². The molecule has 2 heterocycles. The summed E-state index contributed by atoms with van der Waals surface area (Å²) in [5.74, 6) is 1.44. The number of hydrogen-bond donors (Lipinski definition) is 1. The van der Waals surface area contributed by atoms with Crippen LogP contribution in [0.15, 0.2) is 0 Å². The second-order valence-corrected chi connectivity index (χ2v) is 7.18. The highest BCUT2D eigenvalue weighted by molar-refractivity contribution is 4.89. The van der Waals surface area contributed by atoms with Gasteiger partial charge in [-0.3, -0.25) is 9.80 Å². The minimum Gasteiger partial charge on any atom is -0.330 e. The van der Waals surface area contributed by atoms with E-state index in [0.717, 1.165) is 18.5 Å². The van der Waals surface area contributed by atoms with Gasteiger partial charge in [0.15, 0.2) is 0 Å². The molecule has 3 unspecified atom stereocenters. The summed E-state index contributed by atoms with van der Waals surface area (Å²) in [5, 5.41) is 0. The summed E-state index contributed by atoms with van der Waals surface area (Å²) < 4.78 is 0. The van der Waals surface area contributed by atoms with Crippen LogP contribution >= 0.6 is 0 Å². The van der Waals surface area contributed by atoms with Crippen LogP contribution in [0.2, 0.25) is 0 Å². The predicted molar refractivity (Wildman–Crippen MR) is 82.2 cm³/mol. The number of nitrogens with zero attached hydrogens (tertiary/aromatic N) is 2. The molecule has 0 aromatic heterocycles. The Hall–Kier alpha value is -0.120. The van der Waals surface area contributed by atoms with Gasteiger partial charge in [-0.05, 0) is 51.1 Å². The molecule has 2 saturated heterocycles. The first-order chi connectivity index (χ1) is 9.10. The second kappa shape index (κ2) is 7.05. The fourth-order valence-electron chi connectivity index (χ4n) is 3.91. The molecule has 19 heavy (non-hydrogen) atoms. The van der Waals surface area contributed by atoms with Crippen LogP contribution in [-0.2, 0) is 0 Å². The van der Waals surface area contributed by atoms with E-state index in [1.807, 2.05) is 0 Å². The quantitative estimate of drug-likeness (QED) is 0.828. The van der Waals surface area contributed by atoms with Gasteiger partial charge in [-0.1, -0.05) is 20.3 Å². The zero-order chi connectivity index (χ0) is 13.8. The van der Waals surface area contributed by atoms with Crippen molar-refractivity contribution in [3.63, 3.8) is 0 Å². The van der Waals surface area contributed by atoms with Crippen LogP contribution in [0.25, 0.3) is 0 Å². The van der Waals surface area contributed by atoms with E-state index in [0.29, 0.717) is 12.0 Å². The molecule has 0 saturated carbocycles. The van der Waals surface area contributed by atoms with Gasteiger partial charge in [0.05, 0.1) is 0 Å². The summed E-state index contributed by atoms with van der Waals surface area (Å²) in [6, 6.07) is 1.53. The third kappa shape index (κ3) is 4.17. The molecule has 0 spiro atoms. The van der Waals surface area contributed by atoms with Crippen molar-refractivity contribution in [3.8, 4) is 0 Å². The van der Waals surface area contributed by atoms with Crippen LogP contribution in [0.4, 0.5) is 0 Å². The van der Waals surface area contributed by atoms with E-state index in [4.69, 9.17) is 5.73 Å². The van der Waals surface area contributed by atoms with Crippen LogP contribution < -0.4 is 5.73 Å². The molecular weight excluding hydrogens is 234 g/mol. The first-order valence-electron chi connectivity index (χ1n) is 8.28. The summed E-state index contributed by atoms with van der Waals surface area (Å²) in [6.45, 7) is 12.9. The van der Waals surface area contributed by atoms with Gasteiger partial charge in [0.25, 0.3) is 0 Å². The Balaban J connectivity index is 1.88. The highest BCUT2D eigenvalue weighted by Gasteiger charge is 2.33. The van der Waals surface area contributed by atoms with Crippen LogP contribution in [0.5, 0.6) is 0 Å². The van der Waals surface area contributed by atoms with E-state index in [1.54, 1.807) is 0 Å². The predicted octanol–water partition coefficient (Wildman–Crippen LogP) is 2.17. The summed E-state index contributed by atoms with van der Waals surface area (Å²) in [7, 11) is 0. The number of hydrogen-bond acceptors (Lipinski definition) is 3. The minimum absolute atomic E-state index is 0.678. The molecule has 2 aliphatic heterocycles. The number of fused-ring (bicyclic) bond motifs is 1. The SMILES string of the molecule is CC(C)CC(CN)CN1CC2CCCCN2CC1C. The van der Waals surface area contributed by atoms with Crippen molar-refractivity contribution in [2.24, 2.45) is 17.6 Å². The minimum atomic E-state index is 0.678. The molecular formula is C16H33N3. The third-order valence-corrected chi connectivity index (χ3v) is 4.95.